The van der Waals surface area contributed by atoms with E-state index in [1.165, 1.54) is 17.0 Å². The van der Waals surface area contributed by atoms with Crippen molar-refractivity contribution in [3.05, 3.63) is 62.5 Å². The van der Waals surface area contributed by atoms with E-state index in [0.29, 0.717) is 12.1 Å². The highest BCUT2D eigenvalue weighted by molar-refractivity contribution is 7.80. The van der Waals surface area contributed by atoms with Gasteiger partial charge >= 0.3 is 0 Å². The number of nitro benzene ring substituents is 1. The molecule has 0 saturated carbocycles. The summed E-state index contributed by atoms with van der Waals surface area (Å²) in [7, 11) is 0. The number of non-ortho nitro benzene ring substituents is 1. The van der Waals surface area contributed by atoms with Crippen LogP contribution in [-0.4, -0.2) is 37.9 Å². The molecule has 1 N–H and O–H groups in total. The third-order valence-corrected chi connectivity index (χ3v) is 5.23. The first-order chi connectivity index (χ1) is 13.6. The van der Waals surface area contributed by atoms with Crippen LogP contribution in [0.15, 0.2) is 29.8 Å². The number of aryl methyl sites for hydroxylation is 2. The molecule has 1 saturated heterocycles. The highest BCUT2D eigenvalue weighted by atomic mass is 32.1. The molecule has 0 unspecified atom stereocenters. The SMILES string of the molecule is CCN1C(=O)/C(=C/c2cc(C)n(-c3ccc([N+](=O)[O-])cc3C)c2C)C(=O)NC1=S. The number of hydrogen-bond acceptors (Lipinski definition) is 5. The smallest absolute Gasteiger partial charge is 0.269 e. The van der Waals surface area contributed by atoms with Crippen LogP contribution in [0, 0.1) is 30.9 Å². The summed E-state index contributed by atoms with van der Waals surface area (Å²) in [6, 6.07) is 6.54. The molecule has 1 aromatic carbocycles. The quantitative estimate of drug-likeness (QED) is 0.274. The van der Waals surface area contributed by atoms with Gasteiger partial charge in [0.05, 0.1) is 4.92 Å². The van der Waals surface area contributed by atoms with Crippen molar-refractivity contribution in [1.29, 1.82) is 0 Å². The van der Waals surface area contributed by atoms with E-state index >= 15 is 0 Å². The van der Waals surface area contributed by atoms with Crippen LogP contribution < -0.4 is 5.32 Å². The summed E-state index contributed by atoms with van der Waals surface area (Å²) in [6.07, 6.45) is 1.56. The number of amides is 2. The molecule has 1 aromatic heterocycles. The van der Waals surface area contributed by atoms with Crippen molar-refractivity contribution in [1.82, 2.24) is 14.8 Å². The van der Waals surface area contributed by atoms with Crippen LogP contribution >= 0.6 is 12.2 Å². The third kappa shape index (κ3) is 3.56. The van der Waals surface area contributed by atoms with Crippen molar-refractivity contribution in [2.75, 3.05) is 6.54 Å². The summed E-state index contributed by atoms with van der Waals surface area (Å²) in [5.41, 5.74) is 3.97. The molecule has 0 radical (unpaired) electrons. The lowest BCUT2D eigenvalue weighted by molar-refractivity contribution is -0.384. The Kier molecular flexibility index (Phi) is 5.34. The fraction of sp³-hybridized carbons (Fsp3) is 0.250. The molecule has 150 valence electrons. The molecule has 2 aromatic rings. The Morgan fingerprint density at radius 3 is 2.48 bits per heavy atom. The molecule has 3 rings (SSSR count). The van der Waals surface area contributed by atoms with E-state index in [1.54, 1.807) is 26.0 Å². The number of carbonyl (C=O) groups is 2. The zero-order chi connectivity index (χ0) is 21.5. The van der Waals surface area contributed by atoms with Gasteiger partial charge in [-0.25, -0.2) is 0 Å². The molecule has 1 aliphatic rings. The lowest BCUT2D eigenvalue weighted by Crippen LogP contribution is -2.53. The Morgan fingerprint density at radius 1 is 1.21 bits per heavy atom. The first kappa shape index (κ1) is 20.4. The van der Waals surface area contributed by atoms with E-state index in [1.807, 2.05) is 24.5 Å². The number of nitro groups is 1. The molecule has 0 bridgehead atoms. The van der Waals surface area contributed by atoms with E-state index in [-0.39, 0.29) is 16.4 Å². The molecule has 2 amide bonds. The van der Waals surface area contributed by atoms with Gasteiger partial charge in [0, 0.05) is 35.8 Å². The molecule has 0 spiro atoms. The zero-order valence-electron chi connectivity index (χ0n) is 16.5. The normalized spacial score (nSPS) is 15.8. The predicted octanol–water partition coefficient (Wildman–Crippen LogP) is 2.96. The van der Waals surface area contributed by atoms with E-state index in [2.05, 4.69) is 5.32 Å². The van der Waals surface area contributed by atoms with Gasteiger partial charge in [0.15, 0.2) is 5.11 Å². The Balaban J connectivity index is 2.08. The van der Waals surface area contributed by atoms with Crippen LogP contribution in [-0.2, 0) is 9.59 Å². The highest BCUT2D eigenvalue weighted by Crippen LogP contribution is 2.27. The highest BCUT2D eigenvalue weighted by Gasteiger charge is 2.32. The van der Waals surface area contributed by atoms with E-state index in [0.717, 1.165) is 22.6 Å². The van der Waals surface area contributed by atoms with Gasteiger partial charge in [0.25, 0.3) is 17.5 Å². The summed E-state index contributed by atoms with van der Waals surface area (Å²) in [5.74, 6) is -0.960. The van der Waals surface area contributed by atoms with Gasteiger partial charge in [-0.05, 0) is 69.2 Å². The number of benzene rings is 1. The molecule has 0 atom stereocenters. The minimum Gasteiger partial charge on any atom is -0.318 e. The van der Waals surface area contributed by atoms with Crippen molar-refractivity contribution >= 4 is 40.9 Å². The predicted molar refractivity (Wildman–Crippen MR) is 113 cm³/mol. The van der Waals surface area contributed by atoms with Crippen LogP contribution in [0.3, 0.4) is 0 Å². The van der Waals surface area contributed by atoms with Gasteiger partial charge in [-0.3, -0.25) is 29.9 Å². The van der Waals surface area contributed by atoms with Gasteiger partial charge < -0.3 is 4.57 Å². The van der Waals surface area contributed by atoms with Crippen LogP contribution in [0.25, 0.3) is 11.8 Å². The topological polar surface area (TPSA) is 97.5 Å². The van der Waals surface area contributed by atoms with Gasteiger partial charge in [0.1, 0.15) is 5.57 Å². The van der Waals surface area contributed by atoms with Gasteiger partial charge in [-0.15, -0.1) is 0 Å². The number of thiocarbonyl (C=S) groups is 1. The summed E-state index contributed by atoms with van der Waals surface area (Å²) in [6.45, 7) is 7.70. The summed E-state index contributed by atoms with van der Waals surface area (Å²) in [4.78, 5) is 36.9. The standard InChI is InChI=1S/C20H20N4O4S/c1-5-22-19(26)16(18(25)21-20(22)29)10-14-9-12(3)23(13(14)4)17-7-6-15(24(27)28)8-11(17)2/h6-10H,5H2,1-4H3,(H,21,25,29)/b16-10+. The van der Waals surface area contributed by atoms with E-state index in [4.69, 9.17) is 12.2 Å². The van der Waals surface area contributed by atoms with Gasteiger partial charge in [-0.2, -0.15) is 0 Å². The largest absolute Gasteiger partial charge is 0.318 e. The van der Waals surface area contributed by atoms with Crippen molar-refractivity contribution in [3.63, 3.8) is 0 Å². The molecule has 1 aliphatic heterocycles. The fourth-order valence-corrected chi connectivity index (χ4v) is 3.75. The summed E-state index contributed by atoms with van der Waals surface area (Å²) < 4.78 is 1.94. The number of rotatable bonds is 4. The minimum atomic E-state index is -0.527. The third-order valence-electron chi connectivity index (χ3n) is 4.90. The fourth-order valence-electron chi connectivity index (χ4n) is 3.45. The molecule has 8 nitrogen and oxygen atoms in total. The lowest BCUT2D eigenvalue weighted by Gasteiger charge is -2.27. The molecule has 2 heterocycles. The average molecular weight is 412 g/mol. The molecule has 29 heavy (non-hydrogen) atoms. The van der Waals surface area contributed by atoms with E-state index < -0.39 is 16.7 Å². The molecule has 0 aliphatic carbocycles. The van der Waals surface area contributed by atoms with Crippen molar-refractivity contribution in [3.8, 4) is 5.69 Å². The second-order valence-corrected chi connectivity index (χ2v) is 7.14. The van der Waals surface area contributed by atoms with Crippen LogP contribution in [0.5, 0.6) is 0 Å². The Bertz CT molecular complexity index is 1100. The first-order valence-corrected chi connectivity index (χ1v) is 9.39. The second kappa shape index (κ2) is 7.59. The first-order valence-electron chi connectivity index (χ1n) is 8.99. The Morgan fingerprint density at radius 2 is 1.90 bits per heavy atom. The molecular weight excluding hydrogens is 392 g/mol. The van der Waals surface area contributed by atoms with Crippen molar-refractivity contribution < 1.29 is 14.5 Å². The van der Waals surface area contributed by atoms with Crippen LogP contribution in [0.4, 0.5) is 5.69 Å². The van der Waals surface area contributed by atoms with Crippen LogP contribution in [0.2, 0.25) is 0 Å². The number of nitrogens with zero attached hydrogens (tertiary/aromatic N) is 3. The summed E-state index contributed by atoms with van der Waals surface area (Å²) >= 11 is 5.05. The number of nitrogens with one attached hydrogen (secondary N) is 1. The monoisotopic (exact) mass is 412 g/mol. The Labute approximate surface area is 173 Å². The average Bonchev–Trinajstić information content (AvgIpc) is 2.92. The van der Waals surface area contributed by atoms with Crippen molar-refractivity contribution in [2.45, 2.75) is 27.7 Å². The maximum Gasteiger partial charge on any atom is 0.269 e. The van der Waals surface area contributed by atoms with Gasteiger partial charge in [-0.1, -0.05) is 0 Å². The lowest BCUT2D eigenvalue weighted by atomic mass is 10.1. The molecule has 1 fully saturated rings. The Hall–Kier alpha value is -3.33. The minimum absolute atomic E-state index is 0.0149. The molecular formula is C20H20N4O4S. The van der Waals surface area contributed by atoms with Gasteiger partial charge in [0.2, 0.25) is 0 Å². The number of carbonyl (C=O) groups excluding carboxylic acids is 2. The number of aromatic nitrogens is 1. The maximum absolute atomic E-state index is 12.6. The van der Waals surface area contributed by atoms with Crippen molar-refractivity contribution in [2.24, 2.45) is 0 Å². The van der Waals surface area contributed by atoms with Crippen LogP contribution in [0.1, 0.15) is 29.4 Å². The maximum atomic E-state index is 12.6. The summed E-state index contributed by atoms with van der Waals surface area (Å²) in [5, 5.41) is 13.6. The zero-order valence-corrected chi connectivity index (χ0v) is 17.3. The molecule has 9 heteroatoms. The second-order valence-electron chi connectivity index (χ2n) is 6.76. The number of hydrogen-bond donors (Lipinski definition) is 1. The number of likely N-dealkylation sites (N-methyl/N-ethyl adjacent to an activating group) is 1. The van der Waals surface area contributed by atoms with E-state index in [9.17, 15) is 19.7 Å².